The maximum absolute atomic E-state index is 11.1. The first-order valence-electron chi connectivity index (χ1n) is 5.85. The molecule has 1 unspecified atom stereocenters. The van der Waals surface area contributed by atoms with Gasteiger partial charge in [-0.1, -0.05) is 24.3 Å². The van der Waals surface area contributed by atoms with E-state index in [1.165, 1.54) is 0 Å². The lowest BCUT2D eigenvalue weighted by molar-refractivity contribution is -0.142. The van der Waals surface area contributed by atoms with E-state index in [9.17, 15) is 14.7 Å². The molecule has 0 aliphatic carbocycles. The van der Waals surface area contributed by atoms with Crippen molar-refractivity contribution in [3.05, 3.63) is 35.4 Å². The first kappa shape index (κ1) is 14.4. The topological polar surface area (TPSA) is 74.6 Å². The van der Waals surface area contributed by atoms with Crippen molar-refractivity contribution in [1.82, 2.24) is 0 Å². The molecule has 1 aromatic carbocycles. The first-order chi connectivity index (χ1) is 8.39. The monoisotopic (exact) mass is 250 g/mol. The molecule has 0 aliphatic heterocycles. The van der Waals surface area contributed by atoms with Gasteiger partial charge in [-0.05, 0) is 31.4 Å². The third-order valence-corrected chi connectivity index (χ3v) is 3.11. The van der Waals surface area contributed by atoms with Gasteiger partial charge in [0.05, 0.1) is 11.5 Å². The number of carbonyl (C=O) groups is 2. The summed E-state index contributed by atoms with van der Waals surface area (Å²) in [5.41, 5.74) is 0.426. The molecule has 0 spiro atoms. The summed E-state index contributed by atoms with van der Waals surface area (Å²) in [6, 6.07) is 6.81. The van der Waals surface area contributed by atoms with E-state index in [0.29, 0.717) is 24.0 Å². The predicted molar refractivity (Wildman–Crippen MR) is 67.4 cm³/mol. The highest BCUT2D eigenvalue weighted by Crippen LogP contribution is 2.26. The molecular formula is C14H18O4. The normalized spacial score (nSPS) is 13.1. The SMILES string of the molecule is CC(C)(C(=O)O)c1ccc(C(O)CCC=O)cc1. The van der Waals surface area contributed by atoms with Gasteiger partial charge >= 0.3 is 5.97 Å². The summed E-state index contributed by atoms with van der Waals surface area (Å²) in [6.45, 7) is 3.26. The van der Waals surface area contributed by atoms with Crippen LogP contribution in [0.3, 0.4) is 0 Å². The van der Waals surface area contributed by atoms with Crippen LogP contribution in [0, 0.1) is 0 Å². The maximum Gasteiger partial charge on any atom is 0.313 e. The minimum atomic E-state index is -0.952. The van der Waals surface area contributed by atoms with Gasteiger partial charge < -0.3 is 15.0 Å². The molecule has 0 bridgehead atoms. The van der Waals surface area contributed by atoms with E-state index >= 15 is 0 Å². The van der Waals surface area contributed by atoms with Crippen molar-refractivity contribution in [2.24, 2.45) is 0 Å². The average Bonchev–Trinajstić information content (AvgIpc) is 2.35. The number of aldehydes is 1. The molecule has 0 saturated heterocycles. The second kappa shape index (κ2) is 5.78. The zero-order valence-corrected chi connectivity index (χ0v) is 10.6. The van der Waals surface area contributed by atoms with Crippen LogP contribution >= 0.6 is 0 Å². The number of aliphatic carboxylic acids is 1. The Kier molecular flexibility index (Phi) is 4.62. The smallest absolute Gasteiger partial charge is 0.313 e. The Bertz CT molecular complexity index is 420. The van der Waals surface area contributed by atoms with Crippen LogP contribution in [0.25, 0.3) is 0 Å². The molecule has 1 rings (SSSR count). The first-order valence-corrected chi connectivity index (χ1v) is 5.85. The van der Waals surface area contributed by atoms with Gasteiger partial charge in [0.2, 0.25) is 0 Å². The van der Waals surface area contributed by atoms with Gasteiger partial charge in [-0.3, -0.25) is 4.79 Å². The largest absolute Gasteiger partial charge is 0.481 e. The molecule has 18 heavy (non-hydrogen) atoms. The minimum absolute atomic E-state index is 0.309. The summed E-state index contributed by atoms with van der Waals surface area (Å²) >= 11 is 0. The highest BCUT2D eigenvalue weighted by atomic mass is 16.4. The Balaban J connectivity index is 2.86. The van der Waals surface area contributed by atoms with Crippen LogP contribution in [0.4, 0.5) is 0 Å². The Hall–Kier alpha value is -1.68. The van der Waals surface area contributed by atoms with E-state index in [1.807, 2.05) is 0 Å². The summed E-state index contributed by atoms with van der Waals surface area (Å²) in [5, 5.41) is 18.9. The van der Waals surface area contributed by atoms with Crippen molar-refractivity contribution in [3.8, 4) is 0 Å². The standard InChI is InChI=1S/C14H18O4/c1-14(2,13(17)18)11-7-5-10(6-8-11)12(16)4-3-9-15/h5-9,12,16H,3-4H2,1-2H3,(H,17,18). The number of hydrogen-bond acceptors (Lipinski definition) is 3. The van der Waals surface area contributed by atoms with Gasteiger partial charge in [-0.25, -0.2) is 0 Å². The highest BCUT2D eigenvalue weighted by molar-refractivity contribution is 5.80. The van der Waals surface area contributed by atoms with Crippen LogP contribution < -0.4 is 0 Å². The number of benzene rings is 1. The molecule has 0 heterocycles. The molecule has 2 N–H and O–H groups in total. The highest BCUT2D eigenvalue weighted by Gasteiger charge is 2.29. The van der Waals surface area contributed by atoms with E-state index in [2.05, 4.69) is 0 Å². The van der Waals surface area contributed by atoms with Crippen molar-refractivity contribution in [2.45, 2.75) is 38.2 Å². The molecule has 0 amide bonds. The van der Waals surface area contributed by atoms with Crippen LogP contribution in [-0.4, -0.2) is 22.5 Å². The molecular weight excluding hydrogens is 232 g/mol. The zero-order chi connectivity index (χ0) is 13.8. The van der Waals surface area contributed by atoms with Crippen LogP contribution in [0.5, 0.6) is 0 Å². The zero-order valence-electron chi connectivity index (χ0n) is 10.6. The van der Waals surface area contributed by atoms with Gasteiger partial charge in [0.1, 0.15) is 6.29 Å². The van der Waals surface area contributed by atoms with E-state index in [0.717, 1.165) is 6.29 Å². The minimum Gasteiger partial charge on any atom is -0.481 e. The molecule has 4 nitrogen and oxygen atoms in total. The van der Waals surface area contributed by atoms with Gasteiger partial charge in [0, 0.05) is 6.42 Å². The lowest BCUT2D eigenvalue weighted by Crippen LogP contribution is -2.28. The average molecular weight is 250 g/mol. The molecule has 0 radical (unpaired) electrons. The van der Waals surface area contributed by atoms with E-state index in [1.54, 1.807) is 38.1 Å². The number of aliphatic hydroxyl groups excluding tert-OH is 1. The summed E-state index contributed by atoms with van der Waals surface area (Å²) in [4.78, 5) is 21.3. The van der Waals surface area contributed by atoms with Crippen molar-refractivity contribution < 1.29 is 19.8 Å². The van der Waals surface area contributed by atoms with Crippen LogP contribution in [0.2, 0.25) is 0 Å². The quantitative estimate of drug-likeness (QED) is 0.758. The summed E-state index contributed by atoms with van der Waals surface area (Å²) in [5.74, 6) is -0.892. The Labute approximate surface area is 106 Å². The lowest BCUT2D eigenvalue weighted by atomic mass is 9.84. The van der Waals surface area contributed by atoms with Crippen molar-refractivity contribution >= 4 is 12.3 Å². The van der Waals surface area contributed by atoms with Crippen molar-refractivity contribution in [2.75, 3.05) is 0 Å². The van der Waals surface area contributed by atoms with E-state index in [-0.39, 0.29) is 0 Å². The molecule has 1 aromatic rings. The second-order valence-corrected chi connectivity index (χ2v) is 4.81. The number of carboxylic acid groups (broad SMARTS) is 1. The molecule has 0 aromatic heterocycles. The lowest BCUT2D eigenvalue weighted by Gasteiger charge is -2.20. The molecule has 0 saturated carbocycles. The Morgan fingerprint density at radius 1 is 1.33 bits per heavy atom. The summed E-state index contributed by atoms with van der Waals surface area (Å²) < 4.78 is 0. The Morgan fingerprint density at radius 2 is 1.89 bits per heavy atom. The van der Waals surface area contributed by atoms with Gasteiger partial charge in [0.15, 0.2) is 0 Å². The van der Waals surface area contributed by atoms with Crippen LogP contribution in [0.15, 0.2) is 24.3 Å². The van der Waals surface area contributed by atoms with Gasteiger partial charge in [-0.15, -0.1) is 0 Å². The molecule has 0 aliphatic rings. The van der Waals surface area contributed by atoms with Gasteiger partial charge in [-0.2, -0.15) is 0 Å². The fourth-order valence-corrected chi connectivity index (χ4v) is 1.64. The molecule has 98 valence electrons. The number of carboxylic acids is 1. The second-order valence-electron chi connectivity index (χ2n) is 4.81. The maximum atomic E-state index is 11.1. The van der Waals surface area contributed by atoms with Crippen molar-refractivity contribution in [1.29, 1.82) is 0 Å². The number of rotatable bonds is 6. The van der Waals surface area contributed by atoms with Crippen LogP contribution in [-0.2, 0) is 15.0 Å². The van der Waals surface area contributed by atoms with E-state index in [4.69, 9.17) is 5.11 Å². The van der Waals surface area contributed by atoms with Crippen LogP contribution in [0.1, 0.15) is 43.9 Å². The van der Waals surface area contributed by atoms with Crippen molar-refractivity contribution in [3.63, 3.8) is 0 Å². The fraction of sp³-hybridized carbons (Fsp3) is 0.429. The summed E-state index contributed by atoms with van der Waals surface area (Å²) in [7, 11) is 0. The number of hydrogen-bond donors (Lipinski definition) is 2. The number of carbonyl (C=O) groups excluding carboxylic acids is 1. The van der Waals surface area contributed by atoms with E-state index < -0.39 is 17.5 Å². The number of aliphatic hydroxyl groups is 1. The fourth-order valence-electron chi connectivity index (χ4n) is 1.64. The third-order valence-electron chi connectivity index (χ3n) is 3.11. The Morgan fingerprint density at radius 3 is 2.33 bits per heavy atom. The molecule has 0 fully saturated rings. The third kappa shape index (κ3) is 3.17. The predicted octanol–water partition coefficient (Wildman–Crippen LogP) is 2.06. The van der Waals surface area contributed by atoms with Gasteiger partial charge in [0.25, 0.3) is 0 Å². The molecule has 4 heteroatoms. The summed E-state index contributed by atoms with van der Waals surface area (Å²) in [6.07, 6.45) is 0.775. The molecule has 1 atom stereocenters.